The van der Waals surface area contributed by atoms with Crippen LogP contribution in [0.4, 0.5) is 15.8 Å². The van der Waals surface area contributed by atoms with Gasteiger partial charge in [0.25, 0.3) is 5.91 Å². The lowest BCUT2D eigenvalue weighted by Crippen LogP contribution is -2.42. The van der Waals surface area contributed by atoms with Crippen LogP contribution in [0.1, 0.15) is 10.4 Å². The molecule has 0 radical (unpaired) electrons. The minimum Gasteiger partial charge on any atom is -0.375 e. The number of carbonyl (C=O) groups excluding carboxylic acids is 1. The molecule has 1 heterocycles. The fourth-order valence-electron chi connectivity index (χ4n) is 2.42. The Labute approximate surface area is 128 Å². The predicted molar refractivity (Wildman–Crippen MR) is 83.9 cm³/mol. The molecule has 2 aromatic rings. The first-order valence-corrected chi connectivity index (χ1v) is 7.19. The molecule has 0 aromatic heterocycles. The lowest BCUT2D eigenvalue weighted by atomic mass is 10.2. The Hall–Kier alpha value is -2.40. The Morgan fingerprint density at radius 1 is 1.18 bits per heavy atom. The van der Waals surface area contributed by atoms with E-state index in [1.807, 2.05) is 24.3 Å². The molecule has 2 aromatic carbocycles. The maximum atomic E-state index is 13.9. The second kappa shape index (κ2) is 6.58. The average Bonchev–Trinajstić information content (AvgIpc) is 2.56. The van der Waals surface area contributed by atoms with Gasteiger partial charge in [0.05, 0.1) is 13.2 Å². The number of alkyl halides is 1. The molecule has 1 atom stereocenters. The molecule has 114 valence electrons. The van der Waals surface area contributed by atoms with Crippen molar-refractivity contribution in [2.24, 2.45) is 0 Å². The van der Waals surface area contributed by atoms with Crippen molar-refractivity contribution in [1.82, 2.24) is 0 Å². The highest BCUT2D eigenvalue weighted by atomic mass is 19.1. The topological polar surface area (TPSA) is 41.6 Å². The Morgan fingerprint density at radius 3 is 2.77 bits per heavy atom. The number of benzene rings is 2. The van der Waals surface area contributed by atoms with Gasteiger partial charge in [0.1, 0.15) is 0 Å². The van der Waals surface area contributed by atoms with E-state index in [2.05, 4.69) is 5.32 Å². The van der Waals surface area contributed by atoms with Gasteiger partial charge in [-0.25, -0.2) is 4.39 Å². The van der Waals surface area contributed by atoms with Crippen LogP contribution in [0.2, 0.25) is 0 Å². The normalized spacial score (nSPS) is 18.0. The van der Waals surface area contributed by atoms with E-state index in [0.29, 0.717) is 24.4 Å². The number of anilines is 2. The highest BCUT2D eigenvalue weighted by molar-refractivity contribution is 6.04. The first kappa shape index (κ1) is 14.5. The Bertz CT molecular complexity index is 648. The van der Waals surface area contributed by atoms with E-state index in [4.69, 9.17) is 4.74 Å². The highest BCUT2D eigenvalue weighted by Gasteiger charge is 2.22. The van der Waals surface area contributed by atoms with Crippen LogP contribution in [0, 0.1) is 0 Å². The quantitative estimate of drug-likeness (QED) is 0.886. The van der Waals surface area contributed by atoms with Crippen LogP contribution in [0.5, 0.6) is 0 Å². The van der Waals surface area contributed by atoms with Crippen molar-refractivity contribution in [2.75, 3.05) is 30.0 Å². The van der Waals surface area contributed by atoms with Crippen molar-refractivity contribution >= 4 is 17.3 Å². The van der Waals surface area contributed by atoms with Crippen molar-refractivity contribution in [3.05, 3.63) is 60.2 Å². The fraction of sp³-hybridized carbons (Fsp3) is 0.235. The van der Waals surface area contributed by atoms with Crippen LogP contribution < -0.4 is 10.2 Å². The van der Waals surface area contributed by atoms with Crippen molar-refractivity contribution in [3.63, 3.8) is 0 Å². The first-order valence-electron chi connectivity index (χ1n) is 7.19. The summed E-state index contributed by atoms with van der Waals surface area (Å²) in [5, 5.41) is 2.83. The molecule has 3 rings (SSSR count). The number of morpholine rings is 1. The lowest BCUT2D eigenvalue weighted by molar-refractivity contribution is 0.0497. The van der Waals surface area contributed by atoms with E-state index in [9.17, 15) is 9.18 Å². The van der Waals surface area contributed by atoms with Gasteiger partial charge in [0, 0.05) is 23.5 Å². The smallest absolute Gasteiger partial charge is 0.255 e. The summed E-state index contributed by atoms with van der Waals surface area (Å²) in [6.45, 7) is 1.07. The largest absolute Gasteiger partial charge is 0.375 e. The van der Waals surface area contributed by atoms with Gasteiger partial charge < -0.3 is 15.0 Å². The predicted octanol–water partition coefficient (Wildman–Crippen LogP) is 3.07. The Balaban J connectivity index is 1.75. The number of halogens is 1. The molecule has 4 nitrogen and oxygen atoms in total. The number of amides is 1. The monoisotopic (exact) mass is 300 g/mol. The molecule has 1 N–H and O–H groups in total. The molecule has 1 amide bonds. The van der Waals surface area contributed by atoms with Crippen molar-refractivity contribution in [3.8, 4) is 0 Å². The molecule has 0 aliphatic carbocycles. The summed E-state index contributed by atoms with van der Waals surface area (Å²) >= 11 is 0. The van der Waals surface area contributed by atoms with E-state index in [1.54, 1.807) is 35.2 Å². The second-order valence-corrected chi connectivity index (χ2v) is 5.07. The molecule has 1 unspecified atom stereocenters. The van der Waals surface area contributed by atoms with Crippen molar-refractivity contribution in [2.45, 2.75) is 6.30 Å². The minimum absolute atomic E-state index is 0.0700. The summed E-state index contributed by atoms with van der Waals surface area (Å²) in [6.07, 6.45) is -1.16. The molecule has 0 spiro atoms. The third-order valence-electron chi connectivity index (χ3n) is 3.54. The van der Waals surface area contributed by atoms with Gasteiger partial charge in [-0.3, -0.25) is 4.79 Å². The summed E-state index contributed by atoms with van der Waals surface area (Å²) < 4.78 is 19.0. The average molecular weight is 300 g/mol. The molecule has 5 heteroatoms. The van der Waals surface area contributed by atoms with E-state index in [1.165, 1.54) is 0 Å². The lowest BCUT2D eigenvalue weighted by Gasteiger charge is -2.32. The van der Waals surface area contributed by atoms with Gasteiger partial charge >= 0.3 is 0 Å². The number of carbonyl (C=O) groups is 1. The van der Waals surface area contributed by atoms with Crippen LogP contribution in [0.3, 0.4) is 0 Å². The fourth-order valence-corrected chi connectivity index (χ4v) is 2.42. The summed E-state index contributed by atoms with van der Waals surface area (Å²) in [6, 6.07) is 16.2. The van der Waals surface area contributed by atoms with Crippen LogP contribution in [-0.4, -0.2) is 32.0 Å². The molecule has 22 heavy (non-hydrogen) atoms. The van der Waals surface area contributed by atoms with Crippen LogP contribution in [0.15, 0.2) is 54.6 Å². The summed E-state index contributed by atoms with van der Waals surface area (Å²) in [5.41, 5.74) is 1.97. The molecular weight excluding hydrogens is 283 g/mol. The highest BCUT2D eigenvalue weighted by Crippen LogP contribution is 2.24. The summed E-state index contributed by atoms with van der Waals surface area (Å²) in [7, 11) is 0. The molecule has 1 aliphatic rings. The Morgan fingerprint density at radius 2 is 2.00 bits per heavy atom. The zero-order valence-electron chi connectivity index (χ0n) is 12.0. The van der Waals surface area contributed by atoms with Gasteiger partial charge in [-0.05, 0) is 30.3 Å². The number of hydrogen-bond donors (Lipinski definition) is 1. The van der Waals surface area contributed by atoms with Crippen LogP contribution >= 0.6 is 0 Å². The van der Waals surface area contributed by atoms with E-state index >= 15 is 0 Å². The Kier molecular flexibility index (Phi) is 4.34. The SMILES string of the molecule is O=C(Nc1cccc(N2CCOCC2F)c1)c1ccccc1. The van der Waals surface area contributed by atoms with Crippen molar-refractivity contribution < 1.29 is 13.9 Å². The second-order valence-electron chi connectivity index (χ2n) is 5.07. The molecular formula is C17H17FN2O2. The van der Waals surface area contributed by atoms with E-state index in [0.717, 1.165) is 5.69 Å². The maximum Gasteiger partial charge on any atom is 0.255 e. The molecule has 0 saturated carbocycles. The number of ether oxygens (including phenoxy) is 1. The zero-order chi connectivity index (χ0) is 15.4. The van der Waals surface area contributed by atoms with Crippen LogP contribution in [0.25, 0.3) is 0 Å². The molecule has 1 aliphatic heterocycles. The van der Waals surface area contributed by atoms with Crippen LogP contribution in [-0.2, 0) is 4.74 Å². The van der Waals surface area contributed by atoms with E-state index < -0.39 is 6.30 Å². The van der Waals surface area contributed by atoms with Crippen molar-refractivity contribution in [1.29, 1.82) is 0 Å². The standard InChI is InChI=1S/C17H17FN2O2/c18-16-12-22-10-9-20(16)15-8-4-7-14(11-15)19-17(21)13-5-2-1-3-6-13/h1-8,11,16H,9-10,12H2,(H,19,21). The summed E-state index contributed by atoms with van der Waals surface area (Å²) in [5.74, 6) is -0.184. The third kappa shape index (κ3) is 3.26. The van der Waals surface area contributed by atoms with Gasteiger partial charge in [0.2, 0.25) is 0 Å². The minimum atomic E-state index is -1.16. The zero-order valence-corrected chi connectivity index (χ0v) is 12.0. The number of rotatable bonds is 3. The number of nitrogens with one attached hydrogen (secondary N) is 1. The van der Waals surface area contributed by atoms with Gasteiger partial charge in [0.15, 0.2) is 6.30 Å². The van der Waals surface area contributed by atoms with Gasteiger partial charge in [-0.2, -0.15) is 0 Å². The molecule has 0 bridgehead atoms. The third-order valence-corrected chi connectivity index (χ3v) is 3.54. The summed E-state index contributed by atoms with van der Waals surface area (Å²) in [4.78, 5) is 13.8. The van der Waals surface area contributed by atoms with Gasteiger partial charge in [-0.15, -0.1) is 0 Å². The van der Waals surface area contributed by atoms with Gasteiger partial charge in [-0.1, -0.05) is 24.3 Å². The first-order chi connectivity index (χ1) is 10.7. The number of nitrogens with zero attached hydrogens (tertiary/aromatic N) is 1. The maximum absolute atomic E-state index is 13.9. The molecule has 1 saturated heterocycles. The molecule has 1 fully saturated rings. The van der Waals surface area contributed by atoms with E-state index in [-0.39, 0.29) is 12.5 Å². The number of hydrogen-bond acceptors (Lipinski definition) is 3.